The van der Waals surface area contributed by atoms with Crippen molar-refractivity contribution in [3.05, 3.63) is 53.7 Å². The number of fused-ring (bicyclic) bond motifs is 1. The number of thiazole rings is 1. The molecular weight excluding hydrogens is 400 g/mol. The first kappa shape index (κ1) is 18.2. The molecule has 144 valence electrons. The Hall–Kier alpha value is -3.14. The van der Waals surface area contributed by atoms with Gasteiger partial charge in [-0.2, -0.15) is 0 Å². The highest BCUT2D eigenvalue weighted by atomic mass is 32.1. The molecule has 10 heteroatoms. The van der Waals surface area contributed by atoms with Gasteiger partial charge in [0.1, 0.15) is 17.3 Å². The van der Waals surface area contributed by atoms with Crippen molar-refractivity contribution < 1.29 is 31.8 Å². The molecule has 1 aromatic heterocycles. The van der Waals surface area contributed by atoms with Crippen LogP contribution in [0, 0.1) is 18.6 Å². The average molecular weight is 410 g/mol. The van der Waals surface area contributed by atoms with Crippen LogP contribution in [0.15, 0.2) is 36.5 Å². The van der Waals surface area contributed by atoms with Gasteiger partial charge in [0.2, 0.25) is 6.41 Å². The topological polar surface area (TPSA) is 51.7 Å². The molecule has 0 atom stereocenters. The first-order chi connectivity index (χ1) is 13.3. The molecule has 0 saturated heterocycles. The van der Waals surface area contributed by atoms with E-state index in [-0.39, 0.29) is 23.0 Å². The lowest BCUT2D eigenvalue weighted by Gasteiger charge is -2.15. The molecule has 0 aliphatic carbocycles. The molecule has 0 radical (unpaired) electrons. The van der Waals surface area contributed by atoms with Gasteiger partial charge in [0.25, 0.3) is 0 Å². The zero-order valence-electron chi connectivity index (χ0n) is 14.1. The Morgan fingerprint density at radius 1 is 1.14 bits per heavy atom. The van der Waals surface area contributed by atoms with Crippen LogP contribution in [0.3, 0.4) is 0 Å². The van der Waals surface area contributed by atoms with Crippen LogP contribution in [-0.2, 0) is 4.79 Å². The lowest BCUT2D eigenvalue weighted by atomic mass is 10.1. The lowest BCUT2D eigenvalue weighted by Crippen LogP contribution is -2.25. The second-order valence-electron chi connectivity index (χ2n) is 5.83. The van der Waals surface area contributed by atoms with E-state index in [1.54, 1.807) is 6.92 Å². The van der Waals surface area contributed by atoms with Crippen molar-refractivity contribution in [3.63, 3.8) is 0 Å². The minimum Gasteiger partial charge on any atom is -0.395 e. The van der Waals surface area contributed by atoms with E-state index < -0.39 is 23.6 Å². The van der Waals surface area contributed by atoms with Gasteiger partial charge in [-0.3, -0.25) is 9.69 Å². The van der Waals surface area contributed by atoms with Gasteiger partial charge in [-0.15, -0.1) is 8.78 Å². The maximum Gasteiger partial charge on any atom is 0.586 e. The summed E-state index contributed by atoms with van der Waals surface area (Å²) in [6.45, 7) is 1.67. The van der Waals surface area contributed by atoms with E-state index in [1.807, 2.05) is 0 Å². The minimum absolute atomic E-state index is 0.0106. The summed E-state index contributed by atoms with van der Waals surface area (Å²) in [5.41, 5.74) is 0.536. The molecule has 2 heterocycles. The van der Waals surface area contributed by atoms with Crippen molar-refractivity contribution in [2.24, 2.45) is 0 Å². The molecule has 5 nitrogen and oxygen atoms in total. The van der Waals surface area contributed by atoms with Crippen molar-refractivity contribution in [2.75, 3.05) is 4.90 Å². The van der Waals surface area contributed by atoms with Gasteiger partial charge in [-0.1, -0.05) is 17.4 Å². The summed E-state index contributed by atoms with van der Waals surface area (Å²) in [6, 6.07) is 5.96. The number of hydrogen-bond acceptors (Lipinski definition) is 5. The summed E-state index contributed by atoms with van der Waals surface area (Å²) in [4.78, 5) is 16.8. The van der Waals surface area contributed by atoms with Crippen molar-refractivity contribution in [1.29, 1.82) is 0 Å². The number of aryl methyl sites for hydroxylation is 1. The van der Waals surface area contributed by atoms with E-state index in [4.69, 9.17) is 0 Å². The van der Waals surface area contributed by atoms with Gasteiger partial charge in [0.15, 0.2) is 16.6 Å². The van der Waals surface area contributed by atoms with Crippen LogP contribution >= 0.6 is 11.3 Å². The van der Waals surface area contributed by atoms with E-state index in [1.165, 1.54) is 24.4 Å². The van der Waals surface area contributed by atoms with Gasteiger partial charge in [0, 0.05) is 11.8 Å². The number of carbonyl (C=O) groups excluding carboxylic acids is 1. The molecular formula is C18H10F4N2O3S. The van der Waals surface area contributed by atoms with E-state index in [0.717, 1.165) is 28.4 Å². The van der Waals surface area contributed by atoms with Crippen LogP contribution in [0.4, 0.5) is 28.4 Å². The highest BCUT2D eigenvalue weighted by Crippen LogP contribution is 2.46. The number of alkyl halides is 2. The number of para-hydroxylation sites is 1. The van der Waals surface area contributed by atoms with Crippen LogP contribution < -0.4 is 14.4 Å². The SMILES string of the molecule is Cc1cc2c(cc1-c1cnc(N(C=O)c3c(F)cccc3F)s1)OC(F)(F)O2. The van der Waals surface area contributed by atoms with Crippen LogP contribution in [0.2, 0.25) is 0 Å². The van der Waals surface area contributed by atoms with Crippen molar-refractivity contribution >= 4 is 28.6 Å². The third-order valence-corrected chi connectivity index (χ3v) is 5.03. The second kappa shape index (κ2) is 6.48. The van der Waals surface area contributed by atoms with Gasteiger partial charge >= 0.3 is 6.29 Å². The summed E-state index contributed by atoms with van der Waals surface area (Å²) in [5, 5.41) is 0.0106. The summed E-state index contributed by atoms with van der Waals surface area (Å²) < 4.78 is 63.4. The zero-order valence-corrected chi connectivity index (χ0v) is 14.9. The van der Waals surface area contributed by atoms with E-state index >= 15 is 0 Å². The van der Waals surface area contributed by atoms with Crippen LogP contribution in [-0.4, -0.2) is 17.7 Å². The monoisotopic (exact) mass is 410 g/mol. The molecule has 0 bridgehead atoms. The standard InChI is InChI=1S/C18H10F4N2O3S/c1-9-5-13-14(27-18(21,22)26-13)6-10(9)15-7-23-17(28-15)24(8-25)16-11(19)3-2-4-12(16)20/h2-8H,1H3. The molecule has 0 spiro atoms. The third kappa shape index (κ3) is 3.05. The van der Waals surface area contributed by atoms with Crippen molar-refractivity contribution in [2.45, 2.75) is 13.2 Å². The molecule has 1 aliphatic rings. The Kier molecular flexibility index (Phi) is 4.22. The summed E-state index contributed by atoms with van der Waals surface area (Å²) in [7, 11) is 0. The first-order valence-corrected chi connectivity index (χ1v) is 8.66. The number of amides is 1. The molecule has 4 rings (SSSR count). The summed E-state index contributed by atoms with van der Waals surface area (Å²) in [5.74, 6) is -2.09. The fraction of sp³-hybridized carbons (Fsp3) is 0.111. The summed E-state index contributed by atoms with van der Waals surface area (Å²) in [6.07, 6.45) is -2.13. The quantitative estimate of drug-likeness (QED) is 0.448. The smallest absolute Gasteiger partial charge is 0.395 e. The molecule has 0 N–H and O–H groups in total. The van der Waals surface area contributed by atoms with Gasteiger partial charge in [-0.05, 0) is 36.8 Å². The fourth-order valence-electron chi connectivity index (χ4n) is 2.78. The number of anilines is 2. The number of aromatic nitrogens is 1. The van der Waals surface area contributed by atoms with Gasteiger partial charge < -0.3 is 9.47 Å². The van der Waals surface area contributed by atoms with E-state index in [0.29, 0.717) is 16.0 Å². The first-order valence-electron chi connectivity index (χ1n) is 7.84. The number of halogens is 4. The number of rotatable bonds is 4. The predicted octanol–water partition coefficient (Wildman–Crippen LogP) is 5.01. The van der Waals surface area contributed by atoms with Crippen molar-refractivity contribution in [1.82, 2.24) is 4.98 Å². The van der Waals surface area contributed by atoms with Crippen LogP contribution in [0.1, 0.15) is 5.56 Å². The Morgan fingerprint density at radius 3 is 2.43 bits per heavy atom. The number of hydrogen-bond donors (Lipinski definition) is 0. The number of benzene rings is 2. The molecule has 0 unspecified atom stereocenters. The lowest BCUT2D eigenvalue weighted by molar-refractivity contribution is -0.286. The molecule has 1 amide bonds. The van der Waals surface area contributed by atoms with E-state index in [2.05, 4.69) is 14.5 Å². The summed E-state index contributed by atoms with van der Waals surface area (Å²) >= 11 is 0.957. The third-order valence-electron chi connectivity index (χ3n) is 4.00. The molecule has 0 fully saturated rings. The maximum atomic E-state index is 14.0. The van der Waals surface area contributed by atoms with Gasteiger partial charge in [-0.25, -0.2) is 13.8 Å². The molecule has 1 aliphatic heterocycles. The molecule has 28 heavy (non-hydrogen) atoms. The number of carbonyl (C=O) groups is 1. The largest absolute Gasteiger partial charge is 0.586 e. The molecule has 2 aromatic carbocycles. The molecule has 0 saturated carbocycles. The normalized spacial score (nSPS) is 14.2. The average Bonchev–Trinajstić information content (AvgIpc) is 3.20. The predicted molar refractivity (Wildman–Crippen MR) is 93.1 cm³/mol. The second-order valence-corrected chi connectivity index (χ2v) is 6.84. The minimum atomic E-state index is -3.75. The highest BCUT2D eigenvalue weighted by Gasteiger charge is 2.43. The Balaban J connectivity index is 1.73. The fourth-order valence-corrected chi connectivity index (χ4v) is 3.75. The van der Waals surface area contributed by atoms with Crippen molar-refractivity contribution in [3.8, 4) is 21.9 Å². The Labute approximate surface area is 159 Å². The van der Waals surface area contributed by atoms with E-state index in [9.17, 15) is 22.4 Å². The number of ether oxygens (including phenoxy) is 2. The Morgan fingerprint density at radius 2 is 1.79 bits per heavy atom. The Bertz CT molecular complexity index is 1070. The highest BCUT2D eigenvalue weighted by molar-refractivity contribution is 7.19. The number of nitrogens with zero attached hydrogens (tertiary/aromatic N) is 2. The van der Waals surface area contributed by atoms with Crippen LogP contribution in [0.25, 0.3) is 10.4 Å². The molecule has 3 aromatic rings. The maximum absolute atomic E-state index is 14.0. The van der Waals surface area contributed by atoms with Crippen LogP contribution in [0.5, 0.6) is 11.5 Å². The van der Waals surface area contributed by atoms with Gasteiger partial charge in [0.05, 0.1) is 4.88 Å². The zero-order chi connectivity index (χ0) is 20.1.